The third-order valence-electron chi connectivity index (χ3n) is 4.11. The highest BCUT2D eigenvalue weighted by Crippen LogP contribution is 2.37. The zero-order valence-electron chi connectivity index (χ0n) is 13.7. The van der Waals surface area contributed by atoms with E-state index < -0.39 is 11.0 Å². The molecule has 0 radical (unpaired) electrons. The van der Waals surface area contributed by atoms with Crippen LogP contribution in [0.3, 0.4) is 0 Å². The molecule has 0 amide bonds. The maximum Gasteiger partial charge on any atom is 0.306 e. The smallest absolute Gasteiger partial charge is 0.306 e. The molecule has 1 rings (SSSR count). The molecule has 2 N–H and O–H groups in total. The molecule has 0 aliphatic heterocycles. The Morgan fingerprint density at radius 3 is 2.19 bits per heavy atom. The Morgan fingerprint density at radius 1 is 1.19 bits per heavy atom. The van der Waals surface area contributed by atoms with Crippen LogP contribution in [0.2, 0.25) is 0 Å². The van der Waals surface area contributed by atoms with Crippen LogP contribution >= 0.6 is 0 Å². The fourth-order valence-electron chi connectivity index (χ4n) is 2.20. The van der Waals surface area contributed by atoms with Gasteiger partial charge in [-0.25, -0.2) is 0 Å². The van der Waals surface area contributed by atoms with Gasteiger partial charge in [0.2, 0.25) is 0 Å². The molecule has 4 heteroatoms. The van der Waals surface area contributed by atoms with Gasteiger partial charge >= 0.3 is 5.97 Å². The topological polar surface area (TPSA) is 61.5 Å². The molecule has 4 nitrogen and oxygen atoms in total. The molecule has 1 atom stereocenters. The summed E-state index contributed by atoms with van der Waals surface area (Å²) >= 11 is 0. The molecule has 1 unspecified atom stereocenters. The van der Waals surface area contributed by atoms with Crippen molar-refractivity contribution in [2.75, 3.05) is 13.7 Å². The lowest BCUT2D eigenvalue weighted by atomic mass is 9.66. The molecule has 0 saturated carbocycles. The van der Waals surface area contributed by atoms with Gasteiger partial charge in [0.25, 0.3) is 0 Å². The summed E-state index contributed by atoms with van der Waals surface area (Å²) in [5.41, 5.74) is 6.26. The lowest BCUT2D eigenvalue weighted by molar-refractivity contribution is -0.142. The van der Waals surface area contributed by atoms with Gasteiger partial charge in [0.05, 0.1) is 20.1 Å². The molecule has 0 saturated heterocycles. The fourth-order valence-corrected chi connectivity index (χ4v) is 2.20. The van der Waals surface area contributed by atoms with E-state index in [0.717, 1.165) is 17.7 Å². The summed E-state index contributed by atoms with van der Waals surface area (Å²) in [5.74, 6) is 0.568. The number of carbonyl (C=O) groups is 1. The van der Waals surface area contributed by atoms with Crippen molar-refractivity contribution in [3.05, 3.63) is 29.8 Å². The van der Waals surface area contributed by atoms with E-state index in [0.29, 0.717) is 6.61 Å². The van der Waals surface area contributed by atoms with Gasteiger partial charge in [-0.2, -0.15) is 0 Å². The van der Waals surface area contributed by atoms with Crippen LogP contribution in [0.4, 0.5) is 0 Å². The summed E-state index contributed by atoms with van der Waals surface area (Å²) in [6.45, 7) is 8.61. The Labute approximate surface area is 127 Å². The van der Waals surface area contributed by atoms with Crippen molar-refractivity contribution in [1.82, 2.24) is 0 Å². The van der Waals surface area contributed by atoms with Crippen LogP contribution in [0.25, 0.3) is 0 Å². The number of hydrogen-bond donors (Lipinski definition) is 1. The van der Waals surface area contributed by atoms with Crippen LogP contribution in [0.15, 0.2) is 24.3 Å². The maximum atomic E-state index is 11.8. The van der Waals surface area contributed by atoms with Gasteiger partial charge < -0.3 is 15.2 Å². The van der Waals surface area contributed by atoms with Gasteiger partial charge in [-0.1, -0.05) is 26.0 Å². The Hall–Kier alpha value is -1.55. The second-order valence-electron chi connectivity index (χ2n) is 6.18. The number of ether oxygens (including phenoxy) is 2. The van der Waals surface area contributed by atoms with Crippen molar-refractivity contribution in [1.29, 1.82) is 0 Å². The van der Waals surface area contributed by atoms with E-state index in [1.54, 1.807) is 0 Å². The predicted molar refractivity (Wildman–Crippen MR) is 84.5 cm³/mol. The first-order valence-electron chi connectivity index (χ1n) is 7.33. The predicted octanol–water partition coefficient (Wildman–Crippen LogP) is 3.03. The quantitative estimate of drug-likeness (QED) is 0.785. The molecule has 0 aliphatic rings. The summed E-state index contributed by atoms with van der Waals surface area (Å²) in [5, 5.41) is 0. The number of benzene rings is 1. The van der Waals surface area contributed by atoms with Gasteiger partial charge in [-0.3, -0.25) is 4.79 Å². The highest BCUT2D eigenvalue weighted by atomic mass is 16.5. The maximum absolute atomic E-state index is 11.8. The van der Waals surface area contributed by atoms with Crippen molar-refractivity contribution in [3.63, 3.8) is 0 Å². The van der Waals surface area contributed by atoms with Crippen LogP contribution in [0.5, 0.6) is 5.75 Å². The van der Waals surface area contributed by atoms with E-state index in [2.05, 4.69) is 6.92 Å². The van der Waals surface area contributed by atoms with E-state index >= 15 is 0 Å². The van der Waals surface area contributed by atoms with E-state index in [-0.39, 0.29) is 12.4 Å². The Balaban J connectivity index is 3.06. The molecule has 0 aromatic heterocycles. The molecule has 1 aromatic rings. The molecule has 0 aliphatic carbocycles. The van der Waals surface area contributed by atoms with E-state index in [9.17, 15) is 4.79 Å². The van der Waals surface area contributed by atoms with Crippen LogP contribution in [-0.4, -0.2) is 25.2 Å². The van der Waals surface area contributed by atoms with Crippen LogP contribution in [0.1, 0.15) is 46.1 Å². The average molecular weight is 293 g/mol. The number of rotatable bonds is 7. The van der Waals surface area contributed by atoms with Gasteiger partial charge in [0.1, 0.15) is 5.75 Å². The summed E-state index contributed by atoms with van der Waals surface area (Å²) in [6, 6.07) is 7.80. The third-order valence-corrected chi connectivity index (χ3v) is 4.11. The van der Waals surface area contributed by atoms with E-state index in [1.807, 2.05) is 45.0 Å². The molecule has 0 spiro atoms. The van der Waals surface area contributed by atoms with Crippen molar-refractivity contribution in [2.45, 2.75) is 51.5 Å². The lowest BCUT2D eigenvalue weighted by Gasteiger charge is -2.41. The van der Waals surface area contributed by atoms with Gasteiger partial charge in [0, 0.05) is 11.0 Å². The number of nitrogens with two attached hydrogens (primary N) is 1. The van der Waals surface area contributed by atoms with Crippen molar-refractivity contribution < 1.29 is 14.3 Å². The minimum absolute atomic E-state index is 0.238. The zero-order chi connectivity index (χ0) is 16.1. The first-order chi connectivity index (χ1) is 9.74. The summed E-state index contributed by atoms with van der Waals surface area (Å²) < 4.78 is 10.4. The van der Waals surface area contributed by atoms with Gasteiger partial charge in [-0.15, -0.1) is 0 Å². The summed E-state index contributed by atoms with van der Waals surface area (Å²) in [4.78, 5) is 11.8. The zero-order valence-corrected chi connectivity index (χ0v) is 13.7. The van der Waals surface area contributed by atoms with Crippen molar-refractivity contribution in [2.24, 2.45) is 5.73 Å². The monoisotopic (exact) mass is 293 g/mol. The largest absolute Gasteiger partial charge is 0.494 e. The number of carbonyl (C=O) groups excluding carboxylic acids is 1. The fraction of sp³-hybridized carbons (Fsp3) is 0.588. The van der Waals surface area contributed by atoms with Gasteiger partial charge in [-0.05, 0) is 38.0 Å². The Bertz CT molecular complexity index is 462. The first-order valence-corrected chi connectivity index (χ1v) is 7.33. The average Bonchev–Trinajstić information content (AvgIpc) is 2.44. The molecule has 0 heterocycles. The molecule has 1 aromatic carbocycles. The highest BCUT2D eigenvalue weighted by Gasteiger charge is 2.41. The SMILES string of the molecule is CCCOc1ccc(C(C)(CC(=O)OC)C(C)(C)N)cc1. The van der Waals surface area contributed by atoms with Crippen LogP contribution < -0.4 is 10.5 Å². The van der Waals surface area contributed by atoms with Crippen LogP contribution in [0, 0.1) is 0 Å². The van der Waals surface area contributed by atoms with E-state index in [1.165, 1.54) is 7.11 Å². The highest BCUT2D eigenvalue weighted by molar-refractivity contribution is 5.71. The standard InChI is InChI=1S/C17H27NO3/c1-6-11-21-14-9-7-13(8-10-14)17(4,16(2,3)18)12-15(19)20-5/h7-10H,6,11-12,18H2,1-5H3. The molecular formula is C17H27NO3. The van der Waals surface area contributed by atoms with E-state index in [4.69, 9.17) is 15.2 Å². The number of hydrogen-bond acceptors (Lipinski definition) is 4. The third kappa shape index (κ3) is 4.21. The minimum Gasteiger partial charge on any atom is -0.494 e. The normalized spacial score (nSPS) is 14.4. The molecule has 21 heavy (non-hydrogen) atoms. The summed E-state index contributed by atoms with van der Waals surface area (Å²) in [6.07, 6.45) is 1.21. The summed E-state index contributed by atoms with van der Waals surface area (Å²) in [7, 11) is 1.40. The second-order valence-corrected chi connectivity index (χ2v) is 6.18. The lowest BCUT2D eigenvalue weighted by Crippen LogP contribution is -2.53. The second kappa shape index (κ2) is 6.94. The molecule has 118 valence electrons. The Kier molecular flexibility index (Phi) is 5.78. The van der Waals surface area contributed by atoms with Gasteiger partial charge in [0.15, 0.2) is 0 Å². The minimum atomic E-state index is -0.563. The molecule has 0 bridgehead atoms. The number of methoxy groups -OCH3 is 1. The number of esters is 1. The van der Waals surface area contributed by atoms with Crippen molar-refractivity contribution >= 4 is 5.97 Å². The van der Waals surface area contributed by atoms with Crippen LogP contribution in [-0.2, 0) is 14.9 Å². The first kappa shape index (κ1) is 17.5. The Morgan fingerprint density at radius 2 is 1.76 bits per heavy atom. The molecule has 0 fully saturated rings. The molecular weight excluding hydrogens is 266 g/mol. The van der Waals surface area contributed by atoms with Crippen molar-refractivity contribution in [3.8, 4) is 5.75 Å².